The Labute approximate surface area is 111 Å². The minimum Gasteiger partial charge on any atom is -0.341 e. The van der Waals surface area contributed by atoms with Crippen LogP contribution in [0.15, 0.2) is 18.2 Å². The zero-order chi connectivity index (χ0) is 12.4. The molecule has 1 aliphatic heterocycles. The Bertz CT molecular complexity index is 438. The third kappa shape index (κ3) is 3.17. The number of halogens is 3. The zero-order valence-electron chi connectivity index (χ0n) is 9.95. The van der Waals surface area contributed by atoms with Gasteiger partial charge in [0.15, 0.2) is 11.6 Å². The van der Waals surface area contributed by atoms with E-state index in [1.165, 1.54) is 11.0 Å². The van der Waals surface area contributed by atoms with Crippen LogP contribution < -0.4 is 5.32 Å². The number of nitrogens with zero attached hydrogens (tertiary/aromatic N) is 1. The van der Waals surface area contributed by atoms with Crippen molar-refractivity contribution in [2.75, 3.05) is 20.1 Å². The Balaban J connectivity index is 0.00000162. The molecule has 1 N–H and O–H groups in total. The lowest BCUT2D eigenvalue weighted by Crippen LogP contribution is -2.50. The molecule has 1 aromatic rings. The molecule has 2 rings (SSSR count). The van der Waals surface area contributed by atoms with Gasteiger partial charge < -0.3 is 10.2 Å². The average Bonchev–Trinajstić information content (AvgIpc) is 2.21. The maximum absolute atomic E-state index is 13.0. The van der Waals surface area contributed by atoms with Crippen molar-refractivity contribution in [1.29, 1.82) is 0 Å². The van der Waals surface area contributed by atoms with Crippen LogP contribution in [0.25, 0.3) is 0 Å². The summed E-state index contributed by atoms with van der Waals surface area (Å²) in [5, 5.41) is 3.02. The van der Waals surface area contributed by atoms with Crippen LogP contribution in [0, 0.1) is 17.6 Å². The lowest BCUT2D eigenvalue weighted by atomic mass is 10.0. The highest BCUT2D eigenvalue weighted by atomic mass is 35.5. The van der Waals surface area contributed by atoms with Crippen molar-refractivity contribution in [1.82, 2.24) is 10.2 Å². The minimum atomic E-state index is -0.881. The Kier molecular flexibility index (Phi) is 5.04. The Morgan fingerprint density at radius 3 is 2.56 bits per heavy atom. The summed E-state index contributed by atoms with van der Waals surface area (Å²) in [5.74, 6) is -1.70. The number of carbonyl (C=O) groups is 1. The Hall–Kier alpha value is -1.20. The van der Waals surface area contributed by atoms with Crippen LogP contribution in [0.1, 0.15) is 5.56 Å². The molecule has 0 aliphatic carbocycles. The van der Waals surface area contributed by atoms with Gasteiger partial charge in [-0.3, -0.25) is 4.79 Å². The van der Waals surface area contributed by atoms with Gasteiger partial charge >= 0.3 is 0 Å². The fraction of sp³-hybridized carbons (Fsp3) is 0.417. The van der Waals surface area contributed by atoms with Gasteiger partial charge in [0.2, 0.25) is 5.91 Å². The molecule has 0 atom stereocenters. The molecule has 3 nitrogen and oxygen atoms in total. The molecule has 1 heterocycles. The maximum Gasteiger partial charge on any atom is 0.228 e. The molecule has 0 bridgehead atoms. The van der Waals surface area contributed by atoms with E-state index in [2.05, 4.69) is 5.32 Å². The number of nitrogens with one attached hydrogen (secondary N) is 1. The van der Waals surface area contributed by atoms with E-state index in [4.69, 9.17) is 0 Å². The van der Waals surface area contributed by atoms with Crippen molar-refractivity contribution in [3.63, 3.8) is 0 Å². The van der Waals surface area contributed by atoms with Crippen LogP contribution >= 0.6 is 12.4 Å². The summed E-state index contributed by atoms with van der Waals surface area (Å²) >= 11 is 0. The van der Waals surface area contributed by atoms with E-state index in [1.54, 1.807) is 7.05 Å². The third-order valence-corrected chi connectivity index (χ3v) is 2.91. The molecule has 0 unspecified atom stereocenters. The van der Waals surface area contributed by atoms with Crippen molar-refractivity contribution in [3.05, 3.63) is 35.4 Å². The van der Waals surface area contributed by atoms with E-state index < -0.39 is 11.6 Å². The van der Waals surface area contributed by atoms with E-state index >= 15 is 0 Å². The van der Waals surface area contributed by atoms with E-state index in [0.29, 0.717) is 25.2 Å². The quantitative estimate of drug-likeness (QED) is 0.909. The summed E-state index contributed by atoms with van der Waals surface area (Å²) in [4.78, 5) is 13.3. The molecule has 1 saturated heterocycles. The molecule has 1 aliphatic rings. The highest BCUT2D eigenvalue weighted by Gasteiger charge is 2.27. The Morgan fingerprint density at radius 2 is 2.06 bits per heavy atom. The number of benzene rings is 1. The lowest BCUT2D eigenvalue weighted by Gasteiger charge is -2.30. The first-order valence-electron chi connectivity index (χ1n) is 5.47. The van der Waals surface area contributed by atoms with E-state index in [-0.39, 0.29) is 24.2 Å². The second kappa shape index (κ2) is 6.11. The van der Waals surface area contributed by atoms with Crippen molar-refractivity contribution < 1.29 is 13.6 Å². The third-order valence-electron chi connectivity index (χ3n) is 2.91. The van der Waals surface area contributed by atoms with Gasteiger partial charge in [-0.2, -0.15) is 0 Å². The molecule has 0 aromatic heterocycles. The number of amides is 1. The normalized spacial score (nSPS) is 14.6. The standard InChI is InChI=1S/C12H14F2N2O.ClH/c1-16(12(17)9-5-15-6-9)7-8-2-3-10(13)11(14)4-8;/h2-4,9,15H,5-7H2,1H3;1H. The van der Waals surface area contributed by atoms with Crippen LogP contribution in [0.4, 0.5) is 8.78 Å². The van der Waals surface area contributed by atoms with Crippen LogP contribution in [-0.2, 0) is 11.3 Å². The van der Waals surface area contributed by atoms with Gasteiger partial charge in [-0.05, 0) is 17.7 Å². The molecular formula is C12H15ClF2N2O. The molecule has 1 fully saturated rings. The van der Waals surface area contributed by atoms with Crippen LogP contribution in [0.3, 0.4) is 0 Å². The smallest absolute Gasteiger partial charge is 0.228 e. The van der Waals surface area contributed by atoms with E-state index in [9.17, 15) is 13.6 Å². The fourth-order valence-electron chi connectivity index (χ4n) is 1.76. The zero-order valence-corrected chi connectivity index (χ0v) is 10.8. The summed E-state index contributed by atoms with van der Waals surface area (Å²) in [5.41, 5.74) is 0.590. The predicted molar refractivity (Wildman–Crippen MR) is 66.4 cm³/mol. The highest BCUT2D eigenvalue weighted by Crippen LogP contribution is 2.13. The predicted octanol–water partition coefficient (Wildman–Crippen LogP) is 1.56. The van der Waals surface area contributed by atoms with Gasteiger partial charge in [0.1, 0.15) is 0 Å². The van der Waals surface area contributed by atoms with E-state index in [0.717, 1.165) is 12.1 Å². The molecule has 1 amide bonds. The number of carbonyl (C=O) groups excluding carboxylic acids is 1. The first kappa shape index (κ1) is 14.9. The monoisotopic (exact) mass is 276 g/mol. The fourth-order valence-corrected chi connectivity index (χ4v) is 1.76. The number of hydrogen-bond acceptors (Lipinski definition) is 2. The second-order valence-electron chi connectivity index (χ2n) is 4.30. The van der Waals surface area contributed by atoms with E-state index in [1.807, 2.05) is 0 Å². The van der Waals surface area contributed by atoms with Gasteiger partial charge in [-0.15, -0.1) is 12.4 Å². The summed E-state index contributed by atoms with van der Waals surface area (Å²) in [6, 6.07) is 3.69. The maximum atomic E-state index is 13.0. The van der Waals surface area contributed by atoms with Crippen LogP contribution in [-0.4, -0.2) is 30.9 Å². The summed E-state index contributed by atoms with van der Waals surface area (Å²) in [6.45, 7) is 1.69. The molecular weight excluding hydrogens is 262 g/mol. The first-order valence-corrected chi connectivity index (χ1v) is 5.47. The molecule has 1 aromatic carbocycles. The molecule has 0 spiro atoms. The summed E-state index contributed by atoms with van der Waals surface area (Å²) in [6.07, 6.45) is 0. The van der Waals surface area contributed by atoms with Gasteiger partial charge in [0, 0.05) is 26.7 Å². The molecule has 6 heteroatoms. The SMILES string of the molecule is CN(Cc1ccc(F)c(F)c1)C(=O)C1CNC1.Cl. The lowest BCUT2D eigenvalue weighted by molar-refractivity contribution is -0.136. The van der Waals surface area contributed by atoms with Gasteiger partial charge in [-0.25, -0.2) is 8.78 Å². The number of rotatable bonds is 3. The van der Waals surface area contributed by atoms with Crippen LogP contribution in [0.2, 0.25) is 0 Å². The summed E-state index contributed by atoms with van der Waals surface area (Å²) < 4.78 is 25.7. The Morgan fingerprint density at radius 1 is 1.39 bits per heavy atom. The summed E-state index contributed by atoms with van der Waals surface area (Å²) in [7, 11) is 1.67. The average molecular weight is 277 g/mol. The second-order valence-corrected chi connectivity index (χ2v) is 4.30. The minimum absolute atomic E-state index is 0. The van der Waals surface area contributed by atoms with Crippen LogP contribution in [0.5, 0.6) is 0 Å². The van der Waals surface area contributed by atoms with Crippen molar-refractivity contribution in [3.8, 4) is 0 Å². The van der Waals surface area contributed by atoms with Gasteiger partial charge in [0.05, 0.1) is 5.92 Å². The molecule has 18 heavy (non-hydrogen) atoms. The largest absolute Gasteiger partial charge is 0.341 e. The van der Waals surface area contributed by atoms with Crippen molar-refractivity contribution >= 4 is 18.3 Å². The van der Waals surface area contributed by atoms with Crippen molar-refractivity contribution in [2.45, 2.75) is 6.54 Å². The molecule has 0 saturated carbocycles. The van der Waals surface area contributed by atoms with Gasteiger partial charge in [0.25, 0.3) is 0 Å². The first-order chi connectivity index (χ1) is 8.08. The van der Waals surface area contributed by atoms with Crippen molar-refractivity contribution in [2.24, 2.45) is 5.92 Å². The molecule has 0 radical (unpaired) electrons. The topological polar surface area (TPSA) is 32.3 Å². The molecule has 100 valence electrons. The van der Waals surface area contributed by atoms with Gasteiger partial charge in [-0.1, -0.05) is 6.07 Å². The number of hydrogen-bond donors (Lipinski definition) is 1. The highest BCUT2D eigenvalue weighted by molar-refractivity contribution is 5.85.